The van der Waals surface area contributed by atoms with Crippen LogP contribution in [0.1, 0.15) is 53.3 Å². The van der Waals surface area contributed by atoms with Crippen molar-refractivity contribution in [3.05, 3.63) is 58.9 Å². The van der Waals surface area contributed by atoms with E-state index >= 15 is 0 Å². The molecule has 134 valence electrons. The Balaban J connectivity index is 1.70. The Morgan fingerprint density at radius 1 is 1.19 bits per heavy atom. The van der Waals surface area contributed by atoms with Gasteiger partial charge in [-0.25, -0.2) is 13.9 Å². The number of nitrogens with one attached hydrogen (secondary N) is 1. The Bertz CT molecular complexity index is 991. The van der Waals surface area contributed by atoms with Gasteiger partial charge in [-0.05, 0) is 38.8 Å². The van der Waals surface area contributed by atoms with Crippen LogP contribution in [0.2, 0.25) is 0 Å². The lowest BCUT2D eigenvalue weighted by atomic mass is 9.87. The fourth-order valence-corrected chi connectivity index (χ4v) is 3.83. The number of fused-ring (bicyclic) bond motifs is 1. The molecule has 1 amide bonds. The average molecular weight is 353 g/mol. The van der Waals surface area contributed by atoms with Crippen LogP contribution in [-0.4, -0.2) is 25.5 Å². The quantitative estimate of drug-likeness (QED) is 0.785. The van der Waals surface area contributed by atoms with Crippen LogP contribution in [-0.2, 0) is 5.54 Å². The fraction of sp³-hybridized carbons (Fsp3) is 0.368. The molecule has 2 aromatic heterocycles. The van der Waals surface area contributed by atoms with E-state index < -0.39 is 11.4 Å². The zero-order valence-electron chi connectivity index (χ0n) is 14.8. The lowest BCUT2D eigenvalue weighted by Gasteiger charge is -2.30. The molecule has 1 aliphatic carbocycles. The molecule has 1 saturated carbocycles. The molecule has 0 bridgehead atoms. The number of hydrogen-bond donors (Lipinski definition) is 1. The molecule has 1 N–H and O–H groups in total. The maximum Gasteiger partial charge on any atom is 0.291 e. The molecule has 3 aromatic rings. The smallest absolute Gasteiger partial charge is 0.291 e. The first kappa shape index (κ1) is 16.6. The van der Waals surface area contributed by atoms with E-state index in [4.69, 9.17) is 0 Å². The zero-order chi connectivity index (χ0) is 18.3. The van der Waals surface area contributed by atoms with E-state index in [1.54, 1.807) is 22.7 Å². The highest BCUT2D eigenvalue weighted by Gasteiger charge is 2.39. The number of amides is 1. The second kappa shape index (κ2) is 6.16. The van der Waals surface area contributed by atoms with Gasteiger partial charge < -0.3 is 5.32 Å². The summed E-state index contributed by atoms with van der Waals surface area (Å²) in [6, 6.07) is 8.50. The van der Waals surface area contributed by atoms with Crippen molar-refractivity contribution in [1.82, 2.24) is 24.9 Å². The molecule has 7 heteroatoms. The molecule has 1 aliphatic rings. The Morgan fingerprint density at radius 3 is 2.65 bits per heavy atom. The molecular formula is C19H20FN5O. The van der Waals surface area contributed by atoms with Crippen LogP contribution in [0.5, 0.6) is 0 Å². The number of aromatic nitrogens is 4. The monoisotopic (exact) mass is 353 g/mol. The summed E-state index contributed by atoms with van der Waals surface area (Å²) in [7, 11) is 0. The van der Waals surface area contributed by atoms with Crippen LogP contribution in [0.15, 0.2) is 30.3 Å². The molecule has 0 aliphatic heterocycles. The Kier molecular flexibility index (Phi) is 3.94. The van der Waals surface area contributed by atoms with Crippen LogP contribution < -0.4 is 5.32 Å². The molecule has 0 atom stereocenters. The molecule has 1 fully saturated rings. The van der Waals surface area contributed by atoms with Crippen LogP contribution in [0.4, 0.5) is 4.39 Å². The molecule has 4 rings (SSSR count). The van der Waals surface area contributed by atoms with E-state index in [9.17, 15) is 9.18 Å². The zero-order valence-corrected chi connectivity index (χ0v) is 14.8. The van der Waals surface area contributed by atoms with E-state index in [0.717, 1.165) is 24.2 Å². The van der Waals surface area contributed by atoms with Crippen molar-refractivity contribution in [3.8, 4) is 0 Å². The third-order valence-electron chi connectivity index (χ3n) is 5.02. The minimum atomic E-state index is -0.710. The number of rotatable bonds is 3. The molecular weight excluding hydrogens is 333 g/mol. The van der Waals surface area contributed by atoms with Crippen molar-refractivity contribution >= 4 is 11.7 Å². The maximum atomic E-state index is 14.4. The minimum Gasteiger partial charge on any atom is -0.340 e. The third kappa shape index (κ3) is 2.73. The molecule has 6 nitrogen and oxygen atoms in total. The van der Waals surface area contributed by atoms with Gasteiger partial charge >= 0.3 is 0 Å². The summed E-state index contributed by atoms with van der Waals surface area (Å²) >= 11 is 0. The molecule has 0 radical (unpaired) electrons. The molecule has 26 heavy (non-hydrogen) atoms. The average Bonchev–Trinajstić information content (AvgIpc) is 3.23. The first-order chi connectivity index (χ1) is 12.5. The molecule has 2 heterocycles. The number of halogens is 1. The van der Waals surface area contributed by atoms with Crippen LogP contribution >= 0.6 is 0 Å². The molecule has 0 unspecified atom stereocenters. The highest BCUT2D eigenvalue weighted by atomic mass is 19.1. The Hall–Kier alpha value is -2.83. The van der Waals surface area contributed by atoms with E-state index in [-0.39, 0.29) is 11.6 Å². The summed E-state index contributed by atoms with van der Waals surface area (Å²) in [4.78, 5) is 21.4. The topological polar surface area (TPSA) is 72.2 Å². The van der Waals surface area contributed by atoms with Gasteiger partial charge in [-0.3, -0.25) is 4.79 Å². The molecule has 0 spiro atoms. The number of carbonyl (C=O) groups excluding carboxylic acids is 1. The normalized spacial score (nSPS) is 16.1. The van der Waals surface area contributed by atoms with Gasteiger partial charge in [0.05, 0.1) is 5.54 Å². The van der Waals surface area contributed by atoms with Gasteiger partial charge in [0.25, 0.3) is 11.7 Å². The highest BCUT2D eigenvalue weighted by Crippen LogP contribution is 2.40. The van der Waals surface area contributed by atoms with Crippen LogP contribution in [0, 0.1) is 19.7 Å². The molecule has 0 saturated heterocycles. The van der Waals surface area contributed by atoms with Gasteiger partial charge in [-0.15, -0.1) is 5.10 Å². The largest absolute Gasteiger partial charge is 0.340 e. The highest BCUT2D eigenvalue weighted by molar-refractivity contribution is 5.91. The summed E-state index contributed by atoms with van der Waals surface area (Å²) in [6.45, 7) is 3.75. The number of benzene rings is 1. The summed E-state index contributed by atoms with van der Waals surface area (Å²) in [5.74, 6) is -0.267. The summed E-state index contributed by atoms with van der Waals surface area (Å²) in [6.07, 6.45) is 3.27. The summed E-state index contributed by atoms with van der Waals surface area (Å²) < 4.78 is 16.0. The summed E-state index contributed by atoms with van der Waals surface area (Å²) in [5.41, 5.74) is 1.48. The van der Waals surface area contributed by atoms with Crippen molar-refractivity contribution in [2.45, 2.75) is 45.1 Å². The fourth-order valence-electron chi connectivity index (χ4n) is 3.83. The van der Waals surface area contributed by atoms with Crippen LogP contribution in [0.25, 0.3) is 5.78 Å². The second-order valence-electron chi connectivity index (χ2n) is 6.91. The third-order valence-corrected chi connectivity index (χ3v) is 5.02. The van der Waals surface area contributed by atoms with Gasteiger partial charge in [0.1, 0.15) is 5.82 Å². The predicted octanol–water partition coefficient (Wildman–Crippen LogP) is 3.08. The van der Waals surface area contributed by atoms with Gasteiger partial charge in [-0.2, -0.15) is 4.98 Å². The van der Waals surface area contributed by atoms with Gasteiger partial charge in [0, 0.05) is 17.0 Å². The van der Waals surface area contributed by atoms with E-state index in [0.29, 0.717) is 24.2 Å². The van der Waals surface area contributed by atoms with Gasteiger partial charge in [0.15, 0.2) is 0 Å². The number of aryl methyl sites for hydroxylation is 2. The molecule has 1 aromatic carbocycles. The number of carbonyl (C=O) groups is 1. The Labute approximate surface area is 150 Å². The van der Waals surface area contributed by atoms with Gasteiger partial charge in [0.2, 0.25) is 5.82 Å². The predicted molar refractivity (Wildman–Crippen MR) is 94.3 cm³/mol. The van der Waals surface area contributed by atoms with Crippen molar-refractivity contribution in [1.29, 1.82) is 0 Å². The van der Waals surface area contributed by atoms with Gasteiger partial charge in [-0.1, -0.05) is 31.0 Å². The van der Waals surface area contributed by atoms with Crippen molar-refractivity contribution in [2.75, 3.05) is 0 Å². The Morgan fingerprint density at radius 2 is 1.92 bits per heavy atom. The number of nitrogens with zero attached hydrogens (tertiary/aromatic N) is 4. The van der Waals surface area contributed by atoms with Crippen molar-refractivity contribution in [3.63, 3.8) is 0 Å². The first-order valence-electron chi connectivity index (χ1n) is 8.77. The number of hydrogen-bond acceptors (Lipinski definition) is 4. The van der Waals surface area contributed by atoms with Crippen molar-refractivity contribution < 1.29 is 9.18 Å². The maximum absolute atomic E-state index is 14.4. The second-order valence-corrected chi connectivity index (χ2v) is 6.91. The van der Waals surface area contributed by atoms with E-state index in [1.807, 2.05) is 19.9 Å². The van der Waals surface area contributed by atoms with E-state index in [2.05, 4.69) is 20.4 Å². The standard InChI is InChI=1S/C19H20FN5O/c1-12-11-13(2)25-18(21-12)22-16(24-25)17(26)23-19(9-5-6-10-19)14-7-3-4-8-15(14)20/h3-4,7-8,11H,5-6,9-10H2,1-2H3,(H,23,26). The van der Waals surface area contributed by atoms with E-state index in [1.165, 1.54) is 6.07 Å². The minimum absolute atomic E-state index is 0.0498. The van der Waals surface area contributed by atoms with Crippen molar-refractivity contribution in [2.24, 2.45) is 0 Å². The first-order valence-corrected chi connectivity index (χ1v) is 8.77. The SMILES string of the molecule is Cc1cc(C)n2nc(C(=O)NC3(c4ccccc4F)CCCC3)nc2n1. The summed E-state index contributed by atoms with van der Waals surface area (Å²) in [5, 5.41) is 7.30. The van der Waals surface area contributed by atoms with Crippen LogP contribution in [0.3, 0.4) is 0 Å². The lowest BCUT2D eigenvalue weighted by molar-refractivity contribution is 0.0886. The lowest BCUT2D eigenvalue weighted by Crippen LogP contribution is -2.44.